The van der Waals surface area contributed by atoms with Gasteiger partial charge in [0.1, 0.15) is 0 Å². The molecule has 1 aromatic carbocycles. The van der Waals surface area contributed by atoms with Gasteiger partial charge in [-0.25, -0.2) is 0 Å². The van der Waals surface area contributed by atoms with E-state index in [2.05, 4.69) is 95.8 Å². The van der Waals surface area contributed by atoms with Crippen molar-refractivity contribution in [1.82, 2.24) is 0 Å². The van der Waals surface area contributed by atoms with Crippen LogP contribution in [0.15, 0.2) is 30.3 Å². The standard InChI is InChI=1S/C17H40O4Si6/c1-22(2)18-25(7,8)16-27(20-24(5)6,17-14-12-11-13-15-17)21-26(9,10)19-23(3)4/h11-15,22-24H,16H2,1-10H3. The smallest absolute Gasteiger partial charge is 0.352 e. The largest absolute Gasteiger partial charge is 0.458 e. The van der Waals surface area contributed by atoms with Crippen LogP contribution in [-0.4, -0.2) is 52.6 Å². The summed E-state index contributed by atoms with van der Waals surface area (Å²) in [5.74, 6) is 0. The van der Waals surface area contributed by atoms with Gasteiger partial charge in [0.2, 0.25) is 0 Å². The molecule has 0 N–H and O–H groups in total. The van der Waals surface area contributed by atoms with Gasteiger partial charge in [0.25, 0.3) is 0 Å². The fourth-order valence-electron chi connectivity index (χ4n) is 3.63. The zero-order valence-corrected chi connectivity index (χ0v) is 25.4. The predicted molar refractivity (Wildman–Crippen MR) is 133 cm³/mol. The van der Waals surface area contributed by atoms with Crippen molar-refractivity contribution in [3.8, 4) is 0 Å². The molecule has 0 aromatic heterocycles. The van der Waals surface area contributed by atoms with Crippen LogP contribution in [-0.2, 0) is 16.5 Å². The molecule has 10 heteroatoms. The summed E-state index contributed by atoms with van der Waals surface area (Å²) >= 11 is 0. The van der Waals surface area contributed by atoms with Crippen molar-refractivity contribution in [2.24, 2.45) is 0 Å². The number of benzene rings is 1. The Hall–Kier alpha value is 0.361. The molecule has 0 amide bonds. The summed E-state index contributed by atoms with van der Waals surface area (Å²) in [6, 6.07) is 10.7. The summed E-state index contributed by atoms with van der Waals surface area (Å²) in [4.78, 5) is 0. The average Bonchev–Trinajstić information content (AvgIpc) is 2.43. The van der Waals surface area contributed by atoms with E-state index in [4.69, 9.17) is 16.5 Å². The minimum Gasteiger partial charge on any atom is -0.458 e. The second-order valence-electron chi connectivity index (χ2n) is 9.06. The van der Waals surface area contributed by atoms with E-state index >= 15 is 0 Å². The summed E-state index contributed by atoms with van der Waals surface area (Å²) < 4.78 is 26.8. The van der Waals surface area contributed by atoms with Crippen molar-refractivity contribution < 1.29 is 16.5 Å². The third-order valence-electron chi connectivity index (χ3n) is 3.78. The molecule has 1 atom stereocenters. The third kappa shape index (κ3) is 9.14. The monoisotopic (exact) mass is 476 g/mol. The highest BCUT2D eigenvalue weighted by Crippen LogP contribution is 2.28. The first kappa shape index (κ1) is 25.4. The first-order chi connectivity index (χ1) is 12.3. The van der Waals surface area contributed by atoms with Gasteiger partial charge in [-0.3, -0.25) is 0 Å². The average molecular weight is 477 g/mol. The van der Waals surface area contributed by atoms with E-state index in [1.807, 2.05) is 0 Å². The Balaban J connectivity index is 3.41. The van der Waals surface area contributed by atoms with Crippen LogP contribution >= 0.6 is 0 Å². The van der Waals surface area contributed by atoms with E-state index in [0.717, 1.165) is 5.67 Å². The van der Waals surface area contributed by atoms with Gasteiger partial charge < -0.3 is 16.5 Å². The Morgan fingerprint density at radius 3 is 1.63 bits per heavy atom. The van der Waals surface area contributed by atoms with Crippen molar-refractivity contribution >= 4 is 57.7 Å². The van der Waals surface area contributed by atoms with Crippen LogP contribution in [0.5, 0.6) is 0 Å². The Bertz CT molecular complexity index is 542. The first-order valence-electron chi connectivity index (χ1n) is 10.1. The Morgan fingerprint density at radius 1 is 0.704 bits per heavy atom. The van der Waals surface area contributed by atoms with Gasteiger partial charge in [0.15, 0.2) is 35.4 Å². The molecule has 0 bridgehead atoms. The fourth-order valence-corrected chi connectivity index (χ4v) is 30.9. The molecule has 27 heavy (non-hydrogen) atoms. The van der Waals surface area contributed by atoms with Crippen LogP contribution < -0.4 is 5.19 Å². The predicted octanol–water partition coefficient (Wildman–Crippen LogP) is 3.80. The molecule has 0 saturated heterocycles. The van der Waals surface area contributed by atoms with Gasteiger partial charge in [0.05, 0.1) is 0 Å². The Labute approximate surface area is 175 Å². The molecule has 0 aliphatic carbocycles. The van der Waals surface area contributed by atoms with Crippen LogP contribution in [0.1, 0.15) is 0 Å². The van der Waals surface area contributed by atoms with Crippen molar-refractivity contribution in [2.75, 3.05) is 0 Å². The second kappa shape index (κ2) is 10.4. The SMILES string of the molecule is C[SiH](C)O[Si](C)(C)C[Si](O[SiH](C)C)(O[Si](C)(C)O[SiH](C)C)c1ccccc1. The van der Waals surface area contributed by atoms with Gasteiger partial charge in [-0.2, -0.15) is 0 Å². The van der Waals surface area contributed by atoms with E-state index in [-0.39, 0.29) is 0 Å². The number of hydrogen-bond donors (Lipinski definition) is 0. The molecule has 1 aromatic rings. The van der Waals surface area contributed by atoms with Crippen molar-refractivity contribution in [2.45, 2.75) is 71.1 Å². The van der Waals surface area contributed by atoms with Gasteiger partial charge >= 0.3 is 17.1 Å². The minimum absolute atomic E-state index is 0.930. The summed E-state index contributed by atoms with van der Waals surface area (Å²) in [5.41, 5.74) is 0.930. The summed E-state index contributed by atoms with van der Waals surface area (Å²) in [6.45, 7) is 22.4. The van der Waals surface area contributed by atoms with Crippen LogP contribution in [0.3, 0.4) is 0 Å². The van der Waals surface area contributed by atoms with Crippen LogP contribution in [0, 0.1) is 0 Å². The molecule has 4 nitrogen and oxygen atoms in total. The topological polar surface area (TPSA) is 36.9 Å². The maximum atomic E-state index is 7.02. The zero-order chi connectivity index (χ0) is 20.9. The molecule has 0 saturated carbocycles. The van der Waals surface area contributed by atoms with Crippen LogP contribution in [0.25, 0.3) is 0 Å². The van der Waals surface area contributed by atoms with E-state index < -0.39 is 52.6 Å². The third-order valence-corrected chi connectivity index (χ3v) is 25.6. The van der Waals surface area contributed by atoms with Gasteiger partial charge in [-0.15, -0.1) is 0 Å². The lowest BCUT2D eigenvalue weighted by atomic mass is 10.4. The van der Waals surface area contributed by atoms with E-state index in [1.54, 1.807) is 0 Å². The molecule has 156 valence electrons. The fraction of sp³-hybridized carbons (Fsp3) is 0.647. The summed E-state index contributed by atoms with van der Waals surface area (Å²) in [7, 11) is -10.5. The lowest BCUT2D eigenvalue weighted by Crippen LogP contribution is -2.65. The molecule has 0 fully saturated rings. The van der Waals surface area contributed by atoms with E-state index in [0.29, 0.717) is 0 Å². The number of hydrogen-bond acceptors (Lipinski definition) is 4. The van der Waals surface area contributed by atoms with Crippen molar-refractivity contribution in [1.29, 1.82) is 0 Å². The quantitative estimate of drug-likeness (QED) is 0.455. The first-order valence-corrected chi connectivity index (χ1v) is 26.4. The van der Waals surface area contributed by atoms with Gasteiger partial charge in [-0.05, 0) is 70.7 Å². The van der Waals surface area contributed by atoms with Crippen molar-refractivity contribution in [3.05, 3.63) is 30.3 Å². The van der Waals surface area contributed by atoms with E-state index in [9.17, 15) is 0 Å². The lowest BCUT2D eigenvalue weighted by molar-refractivity contribution is 0.342. The second-order valence-corrected chi connectivity index (χ2v) is 28.8. The zero-order valence-electron chi connectivity index (χ0n) is 19.0. The molecular weight excluding hydrogens is 437 g/mol. The molecule has 0 aliphatic rings. The van der Waals surface area contributed by atoms with Crippen molar-refractivity contribution in [3.63, 3.8) is 0 Å². The molecule has 0 spiro atoms. The lowest BCUT2D eigenvalue weighted by Gasteiger charge is -2.43. The van der Waals surface area contributed by atoms with Gasteiger partial charge in [0, 0.05) is 5.67 Å². The van der Waals surface area contributed by atoms with E-state index in [1.165, 1.54) is 5.19 Å². The molecular formula is C17H40O4Si6. The normalized spacial score (nSPS) is 15.6. The molecule has 0 aliphatic heterocycles. The Kier molecular flexibility index (Phi) is 9.79. The Morgan fingerprint density at radius 2 is 1.19 bits per heavy atom. The molecule has 1 unspecified atom stereocenters. The highest BCUT2D eigenvalue weighted by Gasteiger charge is 2.51. The van der Waals surface area contributed by atoms with Crippen LogP contribution in [0.2, 0.25) is 71.1 Å². The minimum atomic E-state index is -2.66. The summed E-state index contributed by atoms with van der Waals surface area (Å²) in [6.07, 6.45) is 0. The maximum absolute atomic E-state index is 7.02. The van der Waals surface area contributed by atoms with Gasteiger partial charge in [-0.1, -0.05) is 30.3 Å². The van der Waals surface area contributed by atoms with Crippen LogP contribution in [0.4, 0.5) is 0 Å². The molecule has 0 heterocycles. The highest BCUT2D eigenvalue weighted by atomic mass is 28.5. The highest BCUT2D eigenvalue weighted by molar-refractivity contribution is 7.01. The summed E-state index contributed by atoms with van der Waals surface area (Å²) in [5, 5.41) is 1.23. The maximum Gasteiger partial charge on any atom is 0.352 e. The molecule has 1 rings (SSSR count). The molecule has 0 radical (unpaired) electrons. The number of rotatable bonds is 11.